The number of aryl methyl sites for hydroxylation is 2. The van der Waals surface area contributed by atoms with Crippen molar-refractivity contribution in [2.75, 3.05) is 0 Å². The Morgan fingerprint density at radius 1 is 1.37 bits per heavy atom. The zero-order valence-electron chi connectivity index (χ0n) is 11.6. The number of rotatable bonds is 3. The van der Waals surface area contributed by atoms with Crippen molar-refractivity contribution in [2.24, 2.45) is 0 Å². The lowest BCUT2D eigenvalue weighted by Gasteiger charge is -2.08. The fourth-order valence-corrected chi connectivity index (χ4v) is 2.30. The third kappa shape index (κ3) is 2.23. The second kappa shape index (κ2) is 4.84. The van der Waals surface area contributed by atoms with E-state index in [1.807, 2.05) is 20.8 Å². The molecule has 1 N–H and O–H groups in total. The van der Waals surface area contributed by atoms with Gasteiger partial charge in [-0.2, -0.15) is 5.10 Å². The molecule has 2 rings (SSSR count). The van der Waals surface area contributed by atoms with Gasteiger partial charge in [-0.3, -0.25) is 0 Å². The minimum Gasteiger partial charge on any atom is -0.478 e. The predicted octanol–water partition coefficient (Wildman–Crippen LogP) is 2.45. The smallest absolute Gasteiger partial charge is 0.337 e. The van der Waals surface area contributed by atoms with Crippen molar-refractivity contribution in [2.45, 2.75) is 34.1 Å². The van der Waals surface area contributed by atoms with Gasteiger partial charge in [0.25, 0.3) is 0 Å². The van der Waals surface area contributed by atoms with Gasteiger partial charge in [-0.1, -0.05) is 6.92 Å². The summed E-state index contributed by atoms with van der Waals surface area (Å²) in [7, 11) is 0. The van der Waals surface area contributed by atoms with E-state index in [0.29, 0.717) is 5.82 Å². The average molecular weight is 259 g/mol. The molecule has 19 heavy (non-hydrogen) atoms. The fourth-order valence-electron chi connectivity index (χ4n) is 2.30. The van der Waals surface area contributed by atoms with Crippen molar-refractivity contribution < 1.29 is 9.90 Å². The van der Waals surface area contributed by atoms with Crippen LogP contribution in [0.15, 0.2) is 12.3 Å². The molecule has 2 heterocycles. The molecular formula is C14H17N3O2. The summed E-state index contributed by atoms with van der Waals surface area (Å²) in [6.45, 7) is 7.92. The number of carboxylic acids is 1. The fraction of sp³-hybridized carbons (Fsp3) is 0.357. The molecule has 2 aromatic heterocycles. The number of nitrogens with zero attached hydrogens (tertiary/aromatic N) is 3. The molecule has 0 aliphatic rings. The monoisotopic (exact) mass is 259 g/mol. The molecule has 5 nitrogen and oxygen atoms in total. The van der Waals surface area contributed by atoms with Gasteiger partial charge in [0.1, 0.15) is 0 Å². The summed E-state index contributed by atoms with van der Waals surface area (Å²) >= 11 is 0. The quantitative estimate of drug-likeness (QED) is 0.919. The van der Waals surface area contributed by atoms with Gasteiger partial charge < -0.3 is 5.11 Å². The Morgan fingerprint density at radius 2 is 2.05 bits per heavy atom. The molecule has 0 spiro atoms. The van der Waals surface area contributed by atoms with Crippen LogP contribution in [0, 0.1) is 20.8 Å². The van der Waals surface area contributed by atoms with Crippen LogP contribution in [0.3, 0.4) is 0 Å². The van der Waals surface area contributed by atoms with E-state index in [1.165, 1.54) is 11.8 Å². The van der Waals surface area contributed by atoms with Crippen molar-refractivity contribution in [3.8, 4) is 5.82 Å². The second-order valence-electron chi connectivity index (χ2n) is 4.58. The maximum absolute atomic E-state index is 10.9. The number of pyridine rings is 1. The van der Waals surface area contributed by atoms with Crippen LogP contribution < -0.4 is 0 Å². The van der Waals surface area contributed by atoms with E-state index in [9.17, 15) is 4.79 Å². The van der Waals surface area contributed by atoms with E-state index in [2.05, 4.69) is 17.0 Å². The summed E-state index contributed by atoms with van der Waals surface area (Å²) in [5.41, 5.74) is 4.25. The minimum absolute atomic E-state index is 0.193. The predicted molar refractivity (Wildman–Crippen MR) is 71.9 cm³/mol. The number of aromatic nitrogens is 3. The van der Waals surface area contributed by atoms with E-state index in [4.69, 9.17) is 5.11 Å². The molecule has 0 saturated carbocycles. The van der Waals surface area contributed by atoms with Crippen LogP contribution in [-0.2, 0) is 6.42 Å². The summed E-state index contributed by atoms with van der Waals surface area (Å²) in [5.74, 6) is -0.282. The van der Waals surface area contributed by atoms with Gasteiger partial charge in [-0.25, -0.2) is 14.5 Å². The van der Waals surface area contributed by atoms with Crippen molar-refractivity contribution in [3.63, 3.8) is 0 Å². The Labute approximate surface area is 111 Å². The lowest BCUT2D eigenvalue weighted by Crippen LogP contribution is -2.07. The molecule has 5 heteroatoms. The highest BCUT2D eigenvalue weighted by molar-refractivity contribution is 5.87. The van der Waals surface area contributed by atoms with Gasteiger partial charge in [0.2, 0.25) is 0 Å². The molecule has 0 amide bonds. The van der Waals surface area contributed by atoms with Crippen LogP contribution in [0.5, 0.6) is 0 Å². The maximum Gasteiger partial charge on any atom is 0.337 e. The van der Waals surface area contributed by atoms with Crippen molar-refractivity contribution in [1.82, 2.24) is 14.8 Å². The third-order valence-corrected chi connectivity index (χ3v) is 3.29. The summed E-state index contributed by atoms with van der Waals surface area (Å²) in [5, 5.41) is 13.4. The van der Waals surface area contributed by atoms with Crippen LogP contribution in [0.25, 0.3) is 5.82 Å². The first-order valence-corrected chi connectivity index (χ1v) is 6.21. The van der Waals surface area contributed by atoms with Gasteiger partial charge in [-0.05, 0) is 44.4 Å². The molecule has 0 aliphatic heterocycles. The van der Waals surface area contributed by atoms with Gasteiger partial charge in [-0.15, -0.1) is 0 Å². The standard InChI is InChI=1S/C14H17N3O2/c1-5-12-9(3)16-17(10(12)4)13-8(2)6-11(7-15-13)14(18)19/h6-7H,5H2,1-4H3,(H,18,19). The topological polar surface area (TPSA) is 68.0 Å². The highest BCUT2D eigenvalue weighted by Crippen LogP contribution is 2.19. The van der Waals surface area contributed by atoms with Crippen LogP contribution in [0.4, 0.5) is 0 Å². The van der Waals surface area contributed by atoms with Gasteiger partial charge in [0.15, 0.2) is 5.82 Å². The van der Waals surface area contributed by atoms with E-state index in [-0.39, 0.29) is 5.56 Å². The summed E-state index contributed by atoms with van der Waals surface area (Å²) < 4.78 is 1.79. The van der Waals surface area contributed by atoms with Crippen LogP contribution in [0.1, 0.15) is 39.8 Å². The zero-order valence-corrected chi connectivity index (χ0v) is 11.6. The first kappa shape index (κ1) is 13.3. The molecule has 0 saturated heterocycles. The van der Waals surface area contributed by atoms with E-state index >= 15 is 0 Å². The van der Waals surface area contributed by atoms with Crippen LogP contribution in [0.2, 0.25) is 0 Å². The first-order chi connectivity index (χ1) is 8.95. The maximum atomic E-state index is 10.9. The summed E-state index contributed by atoms with van der Waals surface area (Å²) in [6, 6.07) is 1.62. The minimum atomic E-state index is -0.968. The molecule has 0 aliphatic carbocycles. The Kier molecular flexibility index (Phi) is 3.38. The average Bonchev–Trinajstić information content (AvgIpc) is 2.64. The molecule has 0 bridgehead atoms. The lowest BCUT2D eigenvalue weighted by atomic mass is 10.1. The summed E-state index contributed by atoms with van der Waals surface area (Å²) in [4.78, 5) is 15.1. The molecular weight excluding hydrogens is 242 g/mol. The lowest BCUT2D eigenvalue weighted by molar-refractivity contribution is 0.0696. The van der Waals surface area contributed by atoms with E-state index in [0.717, 1.165) is 23.4 Å². The van der Waals surface area contributed by atoms with Crippen molar-refractivity contribution in [3.05, 3.63) is 40.3 Å². The van der Waals surface area contributed by atoms with E-state index < -0.39 is 5.97 Å². The van der Waals surface area contributed by atoms with Crippen LogP contribution in [-0.4, -0.2) is 25.8 Å². The van der Waals surface area contributed by atoms with Gasteiger partial charge in [0.05, 0.1) is 11.3 Å². The van der Waals surface area contributed by atoms with Crippen molar-refractivity contribution in [1.29, 1.82) is 0 Å². The number of carboxylic acid groups (broad SMARTS) is 1. The molecule has 0 fully saturated rings. The molecule has 0 radical (unpaired) electrons. The molecule has 2 aromatic rings. The first-order valence-electron chi connectivity index (χ1n) is 6.21. The molecule has 0 unspecified atom stereocenters. The summed E-state index contributed by atoms with van der Waals surface area (Å²) in [6.07, 6.45) is 2.29. The Morgan fingerprint density at radius 3 is 2.53 bits per heavy atom. The third-order valence-electron chi connectivity index (χ3n) is 3.29. The molecule has 0 atom stereocenters. The second-order valence-corrected chi connectivity index (χ2v) is 4.58. The zero-order chi connectivity index (χ0) is 14.2. The Hall–Kier alpha value is -2.17. The normalized spacial score (nSPS) is 10.7. The number of aromatic carboxylic acids is 1. The number of hydrogen-bond acceptors (Lipinski definition) is 3. The Balaban J connectivity index is 2.57. The van der Waals surface area contributed by atoms with Crippen molar-refractivity contribution >= 4 is 5.97 Å². The molecule has 100 valence electrons. The number of hydrogen-bond donors (Lipinski definition) is 1. The van der Waals surface area contributed by atoms with Gasteiger partial charge in [0, 0.05) is 11.9 Å². The Bertz CT molecular complexity index is 644. The number of carbonyl (C=O) groups is 1. The highest BCUT2D eigenvalue weighted by Gasteiger charge is 2.15. The molecule has 0 aromatic carbocycles. The van der Waals surface area contributed by atoms with Gasteiger partial charge >= 0.3 is 5.97 Å². The van der Waals surface area contributed by atoms with Crippen LogP contribution >= 0.6 is 0 Å². The SMILES string of the molecule is CCc1c(C)nn(-c2ncc(C(=O)O)cc2C)c1C. The van der Waals surface area contributed by atoms with E-state index in [1.54, 1.807) is 10.7 Å². The largest absolute Gasteiger partial charge is 0.478 e. The highest BCUT2D eigenvalue weighted by atomic mass is 16.4.